The topological polar surface area (TPSA) is 61.6 Å². The Hall–Kier alpha value is -2.08. The summed E-state index contributed by atoms with van der Waals surface area (Å²) in [6, 6.07) is 4.80. The summed E-state index contributed by atoms with van der Waals surface area (Å²) in [5, 5.41) is 13.3. The minimum absolute atomic E-state index is 0.0751. The highest BCUT2D eigenvalue weighted by molar-refractivity contribution is 7.12. The van der Waals surface area contributed by atoms with E-state index in [1.54, 1.807) is 27.0 Å². The van der Waals surface area contributed by atoms with Gasteiger partial charge in [-0.25, -0.2) is 0 Å². The maximum atomic E-state index is 10.8. The molecule has 0 N–H and O–H groups in total. The number of nitrogens with zero attached hydrogens (tertiary/aromatic N) is 1. The van der Waals surface area contributed by atoms with Gasteiger partial charge in [-0.2, -0.15) is 0 Å². The highest BCUT2D eigenvalue weighted by Crippen LogP contribution is 2.36. The molecular formula is C13H13NO4S. The van der Waals surface area contributed by atoms with Crippen molar-refractivity contribution in [2.45, 2.75) is 13.8 Å². The largest absolute Gasteiger partial charge is 0.496 e. The number of non-ortho nitro benzene ring substituents is 1. The molecule has 0 radical (unpaired) electrons. The molecule has 0 spiro atoms. The number of benzene rings is 1. The number of hydrogen-bond acceptors (Lipinski definition) is 5. The third-order valence-electron chi connectivity index (χ3n) is 2.65. The van der Waals surface area contributed by atoms with Gasteiger partial charge >= 0.3 is 0 Å². The predicted octanol–water partition coefficient (Wildman–Crippen LogP) is 4.07. The van der Waals surface area contributed by atoms with Gasteiger partial charge in [0.25, 0.3) is 5.69 Å². The van der Waals surface area contributed by atoms with Gasteiger partial charge in [-0.05, 0) is 25.0 Å². The molecule has 6 heteroatoms. The van der Waals surface area contributed by atoms with Gasteiger partial charge in [-0.1, -0.05) is 0 Å². The minimum atomic E-state index is -0.405. The lowest BCUT2D eigenvalue weighted by atomic mass is 10.1. The Bertz CT molecular complexity index is 598. The van der Waals surface area contributed by atoms with Crippen molar-refractivity contribution in [2.75, 3.05) is 7.11 Å². The molecule has 1 heterocycles. The molecule has 1 aromatic carbocycles. The highest BCUT2D eigenvalue weighted by Gasteiger charge is 2.14. The quantitative estimate of drug-likeness (QED) is 0.625. The number of methoxy groups -OCH3 is 1. The van der Waals surface area contributed by atoms with Crippen molar-refractivity contribution in [3.05, 3.63) is 44.8 Å². The molecule has 19 heavy (non-hydrogen) atoms. The van der Waals surface area contributed by atoms with E-state index in [1.165, 1.54) is 23.5 Å². The fourth-order valence-electron chi connectivity index (χ4n) is 1.76. The van der Waals surface area contributed by atoms with E-state index in [4.69, 9.17) is 9.47 Å². The van der Waals surface area contributed by atoms with Crippen molar-refractivity contribution in [1.82, 2.24) is 0 Å². The average Bonchev–Trinajstić information content (AvgIpc) is 2.81. The second kappa shape index (κ2) is 5.27. The first-order valence-electron chi connectivity index (χ1n) is 5.57. The van der Waals surface area contributed by atoms with Crippen LogP contribution in [-0.2, 0) is 0 Å². The van der Waals surface area contributed by atoms with Crippen molar-refractivity contribution >= 4 is 17.0 Å². The van der Waals surface area contributed by atoms with E-state index in [1.807, 2.05) is 5.38 Å². The second-order valence-electron chi connectivity index (χ2n) is 4.07. The number of nitro groups is 1. The van der Waals surface area contributed by atoms with E-state index >= 15 is 0 Å². The molecule has 0 atom stereocenters. The Kier molecular flexibility index (Phi) is 3.71. The van der Waals surface area contributed by atoms with E-state index < -0.39 is 4.92 Å². The fourth-order valence-corrected chi connectivity index (χ4v) is 2.47. The van der Waals surface area contributed by atoms with E-state index in [0.717, 1.165) is 16.9 Å². The molecule has 0 saturated carbocycles. The Balaban J connectivity index is 2.32. The van der Waals surface area contributed by atoms with Crippen LogP contribution in [-0.4, -0.2) is 12.0 Å². The summed E-state index contributed by atoms with van der Waals surface area (Å²) in [7, 11) is 1.59. The van der Waals surface area contributed by atoms with Crippen LogP contribution in [0.2, 0.25) is 0 Å². The van der Waals surface area contributed by atoms with Gasteiger partial charge in [0.1, 0.15) is 11.5 Å². The zero-order valence-electron chi connectivity index (χ0n) is 10.8. The normalized spacial score (nSPS) is 10.3. The monoisotopic (exact) mass is 279 g/mol. The zero-order chi connectivity index (χ0) is 14.0. The van der Waals surface area contributed by atoms with Gasteiger partial charge < -0.3 is 9.47 Å². The first kappa shape index (κ1) is 13.4. The van der Waals surface area contributed by atoms with E-state index in [2.05, 4.69) is 0 Å². The van der Waals surface area contributed by atoms with Gasteiger partial charge in [-0.15, -0.1) is 11.3 Å². The first-order valence-corrected chi connectivity index (χ1v) is 6.45. The van der Waals surface area contributed by atoms with E-state index in [-0.39, 0.29) is 5.69 Å². The molecule has 0 saturated heterocycles. The van der Waals surface area contributed by atoms with Crippen molar-refractivity contribution < 1.29 is 14.4 Å². The Labute approximate surface area is 114 Å². The number of nitro benzene ring substituents is 1. The van der Waals surface area contributed by atoms with Crippen LogP contribution in [0.25, 0.3) is 0 Å². The average molecular weight is 279 g/mol. The van der Waals surface area contributed by atoms with Crippen LogP contribution in [0, 0.1) is 24.0 Å². The van der Waals surface area contributed by atoms with Crippen LogP contribution in [0.4, 0.5) is 5.69 Å². The third-order valence-corrected chi connectivity index (χ3v) is 3.43. The maximum absolute atomic E-state index is 10.8. The molecule has 0 unspecified atom stereocenters. The van der Waals surface area contributed by atoms with E-state index in [0.29, 0.717) is 10.8 Å². The molecule has 2 rings (SSSR count). The SMILES string of the molecule is COc1csc(Oc2c(C)cc([N+](=O)[O-])cc2C)c1. The summed E-state index contributed by atoms with van der Waals surface area (Å²) >= 11 is 1.42. The molecule has 5 nitrogen and oxygen atoms in total. The van der Waals surface area contributed by atoms with Gasteiger partial charge in [0.2, 0.25) is 0 Å². The number of rotatable bonds is 4. The molecule has 0 bridgehead atoms. The molecule has 0 aliphatic carbocycles. The van der Waals surface area contributed by atoms with Crippen LogP contribution in [0.15, 0.2) is 23.6 Å². The van der Waals surface area contributed by atoms with E-state index in [9.17, 15) is 10.1 Å². The standard InChI is InChI=1S/C13H13NO4S/c1-8-4-10(14(15)16)5-9(2)13(8)18-12-6-11(17-3)7-19-12/h4-7H,1-3H3. The van der Waals surface area contributed by atoms with Crippen molar-refractivity contribution in [2.24, 2.45) is 0 Å². The summed E-state index contributed by atoms with van der Waals surface area (Å²) in [6.45, 7) is 3.58. The summed E-state index contributed by atoms with van der Waals surface area (Å²) in [5.74, 6) is 1.38. The second-order valence-corrected chi connectivity index (χ2v) is 4.95. The van der Waals surface area contributed by atoms with Crippen molar-refractivity contribution in [1.29, 1.82) is 0 Å². The molecule has 100 valence electrons. The van der Waals surface area contributed by atoms with Crippen LogP contribution in [0.3, 0.4) is 0 Å². The molecule has 0 aliphatic heterocycles. The lowest BCUT2D eigenvalue weighted by molar-refractivity contribution is -0.385. The Morgan fingerprint density at radius 2 is 1.84 bits per heavy atom. The highest BCUT2D eigenvalue weighted by atomic mass is 32.1. The lowest BCUT2D eigenvalue weighted by Gasteiger charge is -2.09. The number of aryl methyl sites for hydroxylation is 2. The smallest absolute Gasteiger partial charge is 0.270 e. The lowest BCUT2D eigenvalue weighted by Crippen LogP contribution is -1.94. The molecule has 2 aromatic rings. The molecule has 0 amide bonds. The summed E-state index contributed by atoms with van der Waals surface area (Å²) in [4.78, 5) is 10.4. The Morgan fingerprint density at radius 3 is 2.32 bits per heavy atom. The molecule has 1 aromatic heterocycles. The fraction of sp³-hybridized carbons (Fsp3) is 0.231. The summed E-state index contributed by atoms with van der Waals surface area (Å²) in [6.07, 6.45) is 0. The third kappa shape index (κ3) is 2.85. The predicted molar refractivity (Wildman–Crippen MR) is 73.5 cm³/mol. The van der Waals surface area contributed by atoms with Gasteiger partial charge in [-0.3, -0.25) is 10.1 Å². The van der Waals surface area contributed by atoms with Crippen LogP contribution >= 0.6 is 11.3 Å². The number of hydrogen-bond donors (Lipinski definition) is 0. The molecular weight excluding hydrogens is 266 g/mol. The van der Waals surface area contributed by atoms with Crippen LogP contribution < -0.4 is 9.47 Å². The molecule has 0 fully saturated rings. The van der Waals surface area contributed by atoms with Gasteiger partial charge in [0, 0.05) is 23.6 Å². The maximum Gasteiger partial charge on any atom is 0.270 e. The van der Waals surface area contributed by atoms with Crippen molar-refractivity contribution in [3.8, 4) is 16.6 Å². The molecule has 0 aliphatic rings. The minimum Gasteiger partial charge on any atom is -0.496 e. The first-order chi connectivity index (χ1) is 9.01. The Morgan fingerprint density at radius 1 is 1.21 bits per heavy atom. The van der Waals surface area contributed by atoms with Crippen molar-refractivity contribution in [3.63, 3.8) is 0 Å². The number of thiophene rings is 1. The van der Waals surface area contributed by atoms with Gasteiger partial charge in [0.15, 0.2) is 5.06 Å². The summed E-state index contributed by atoms with van der Waals surface area (Å²) in [5.41, 5.74) is 1.55. The van der Waals surface area contributed by atoms with Gasteiger partial charge in [0.05, 0.1) is 12.0 Å². The van der Waals surface area contributed by atoms with Crippen LogP contribution in [0.5, 0.6) is 16.6 Å². The zero-order valence-corrected chi connectivity index (χ0v) is 11.6. The number of ether oxygens (including phenoxy) is 2. The van der Waals surface area contributed by atoms with Crippen LogP contribution in [0.1, 0.15) is 11.1 Å². The summed E-state index contributed by atoms with van der Waals surface area (Å²) < 4.78 is 10.9.